The monoisotopic (exact) mass is 377 g/mol. The summed E-state index contributed by atoms with van der Waals surface area (Å²) in [6.07, 6.45) is 1.16. The highest BCUT2D eigenvalue weighted by Crippen LogP contribution is 2.30. The normalized spacial score (nSPS) is 19.1. The molecule has 1 heterocycles. The van der Waals surface area contributed by atoms with Crippen molar-refractivity contribution < 1.29 is 5.32 Å². The summed E-state index contributed by atoms with van der Waals surface area (Å²) in [5.41, 5.74) is 3.89. The fraction of sp³-hybridized carbons (Fsp3) is 0.250. The number of benzene rings is 3. The van der Waals surface area contributed by atoms with Crippen molar-refractivity contribution in [3.8, 4) is 0 Å². The highest BCUT2D eigenvalue weighted by Gasteiger charge is 2.32. The Kier molecular flexibility index (Phi) is 5.76. The molecule has 2 atom stereocenters. The molecule has 1 aliphatic heterocycles. The first-order valence-electron chi connectivity index (χ1n) is 9.73. The second-order valence-corrected chi connectivity index (χ2v) is 7.83. The van der Waals surface area contributed by atoms with E-state index < -0.39 is 0 Å². The van der Waals surface area contributed by atoms with Gasteiger partial charge in [-0.15, -0.1) is 0 Å². The highest BCUT2D eigenvalue weighted by atomic mass is 35.5. The minimum Gasteiger partial charge on any atom is -0.346 e. The van der Waals surface area contributed by atoms with Crippen LogP contribution in [0.15, 0.2) is 84.9 Å². The third-order valence-corrected chi connectivity index (χ3v) is 5.82. The third-order valence-electron chi connectivity index (χ3n) is 5.57. The number of anilines is 2. The summed E-state index contributed by atoms with van der Waals surface area (Å²) in [4.78, 5) is 2.44. The second-order valence-electron chi connectivity index (χ2n) is 7.39. The van der Waals surface area contributed by atoms with Crippen LogP contribution < -0.4 is 10.2 Å². The molecule has 3 aromatic carbocycles. The van der Waals surface area contributed by atoms with Gasteiger partial charge in [0.05, 0.1) is 13.1 Å². The van der Waals surface area contributed by atoms with Gasteiger partial charge in [-0.05, 0) is 48.4 Å². The van der Waals surface area contributed by atoms with Crippen LogP contribution in [-0.4, -0.2) is 19.6 Å². The average Bonchev–Trinajstić information content (AvgIpc) is 3.15. The maximum absolute atomic E-state index is 6.12. The molecule has 0 saturated carbocycles. The molecule has 27 heavy (non-hydrogen) atoms. The van der Waals surface area contributed by atoms with Crippen LogP contribution in [0.2, 0.25) is 5.02 Å². The fourth-order valence-corrected chi connectivity index (χ4v) is 4.25. The van der Waals surface area contributed by atoms with Crippen LogP contribution >= 0.6 is 11.6 Å². The Morgan fingerprint density at radius 2 is 1.33 bits per heavy atom. The molecule has 2 N–H and O–H groups in total. The maximum Gasteiger partial charge on any atom is 0.0806 e. The van der Waals surface area contributed by atoms with Crippen LogP contribution in [0, 0.1) is 11.8 Å². The van der Waals surface area contributed by atoms with Crippen LogP contribution in [-0.2, 0) is 6.42 Å². The number of quaternary nitrogens is 1. The van der Waals surface area contributed by atoms with E-state index in [1.54, 1.807) is 0 Å². The van der Waals surface area contributed by atoms with E-state index >= 15 is 0 Å². The van der Waals surface area contributed by atoms with E-state index in [1.165, 1.54) is 30.0 Å². The average molecular weight is 378 g/mol. The Hall–Kier alpha value is -2.29. The highest BCUT2D eigenvalue weighted by molar-refractivity contribution is 6.30. The zero-order valence-corrected chi connectivity index (χ0v) is 16.2. The Morgan fingerprint density at radius 1 is 0.741 bits per heavy atom. The number of hydrogen-bond acceptors (Lipinski definition) is 1. The molecule has 3 aromatic rings. The van der Waals surface area contributed by atoms with Crippen molar-refractivity contribution in [1.82, 2.24) is 0 Å². The first-order chi connectivity index (χ1) is 13.3. The van der Waals surface area contributed by atoms with E-state index in [0.717, 1.165) is 18.0 Å². The first kappa shape index (κ1) is 18.1. The zero-order chi connectivity index (χ0) is 18.5. The molecular weight excluding hydrogens is 352 g/mol. The molecule has 0 aromatic heterocycles. The van der Waals surface area contributed by atoms with Gasteiger partial charge in [0.1, 0.15) is 0 Å². The molecule has 0 unspecified atom stereocenters. The summed E-state index contributed by atoms with van der Waals surface area (Å²) in [5.74, 6) is 1.35. The van der Waals surface area contributed by atoms with Gasteiger partial charge in [0.25, 0.3) is 0 Å². The van der Waals surface area contributed by atoms with E-state index in [4.69, 9.17) is 11.6 Å². The van der Waals surface area contributed by atoms with Crippen molar-refractivity contribution in [2.24, 2.45) is 11.8 Å². The number of halogens is 1. The molecule has 1 aliphatic rings. The summed E-state index contributed by atoms with van der Waals surface area (Å²) in [6, 6.07) is 29.8. The topological polar surface area (TPSA) is 19.9 Å². The Morgan fingerprint density at radius 3 is 2.04 bits per heavy atom. The fourth-order valence-electron chi connectivity index (χ4n) is 4.12. The van der Waals surface area contributed by atoms with Crippen molar-refractivity contribution in [2.45, 2.75) is 6.42 Å². The van der Waals surface area contributed by atoms with Gasteiger partial charge in [0.15, 0.2) is 0 Å². The standard InChI is InChI=1S/C24H25ClN2/c25-22-11-13-24(14-12-22)27(23-9-5-2-6-10-23)18-21-17-26-16-20(21)15-19-7-3-1-4-8-19/h1-14,20-21,26H,15-18H2/p+1/t20-,21+/m1/s1. The number of rotatable bonds is 6. The van der Waals surface area contributed by atoms with Gasteiger partial charge in [-0.3, -0.25) is 0 Å². The summed E-state index contributed by atoms with van der Waals surface area (Å²) in [5, 5.41) is 3.26. The van der Waals surface area contributed by atoms with Crippen molar-refractivity contribution in [3.05, 3.63) is 95.5 Å². The largest absolute Gasteiger partial charge is 0.346 e. The summed E-state index contributed by atoms with van der Waals surface area (Å²) >= 11 is 6.12. The maximum atomic E-state index is 6.12. The van der Waals surface area contributed by atoms with Gasteiger partial charge in [-0.2, -0.15) is 0 Å². The molecule has 0 spiro atoms. The molecular formula is C24H26ClN2+. The van der Waals surface area contributed by atoms with Crippen molar-refractivity contribution in [1.29, 1.82) is 0 Å². The van der Waals surface area contributed by atoms with E-state index in [9.17, 15) is 0 Å². The van der Waals surface area contributed by atoms with E-state index in [-0.39, 0.29) is 0 Å². The Labute approximate surface area is 166 Å². The lowest BCUT2D eigenvalue weighted by Gasteiger charge is -2.29. The first-order valence-corrected chi connectivity index (χ1v) is 10.1. The Balaban J connectivity index is 1.56. The lowest BCUT2D eigenvalue weighted by molar-refractivity contribution is -0.640. The predicted molar refractivity (Wildman–Crippen MR) is 114 cm³/mol. The Bertz CT molecular complexity index is 833. The lowest BCUT2D eigenvalue weighted by Crippen LogP contribution is -2.81. The molecule has 1 saturated heterocycles. The molecule has 0 bridgehead atoms. The van der Waals surface area contributed by atoms with Crippen molar-refractivity contribution in [2.75, 3.05) is 24.5 Å². The molecule has 1 fully saturated rings. The molecule has 138 valence electrons. The van der Waals surface area contributed by atoms with Crippen molar-refractivity contribution in [3.63, 3.8) is 0 Å². The predicted octanol–water partition coefficient (Wildman–Crippen LogP) is 4.53. The number of hydrogen-bond donors (Lipinski definition) is 1. The number of nitrogens with two attached hydrogens (primary N) is 1. The minimum atomic E-state index is 0.654. The van der Waals surface area contributed by atoms with E-state index in [2.05, 4.69) is 83.0 Å². The van der Waals surface area contributed by atoms with Crippen LogP contribution in [0.3, 0.4) is 0 Å². The van der Waals surface area contributed by atoms with Crippen LogP contribution in [0.25, 0.3) is 0 Å². The molecule has 4 rings (SSSR count). The van der Waals surface area contributed by atoms with E-state index in [1.807, 2.05) is 12.1 Å². The van der Waals surface area contributed by atoms with Crippen molar-refractivity contribution >= 4 is 23.0 Å². The summed E-state index contributed by atoms with van der Waals surface area (Å²) in [7, 11) is 0. The molecule has 0 radical (unpaired) electrons. The van der Waals surface area contributed by atoms with Gasteiger partial charge >= 0.3 is 0 Å². The third kappa shape index (κ3) is 4.52. The SMILES string of the molecule is Clc1ccc(N(C[C@@H]2C[NH2+]C[C@H]2Cc2ccccc2)c2ccccc2)cc1. The van der Waals surface area contributed by atoms with Crippen LogP contribution in [0.5, 0.6) is 0 Å². The molecule has 3 heteroatoms. The summed E-state index contributed by atoms with van der Waals surface area (Å²) < 4.78 is 0. The molecule has 2 nitrogen and oxygen atoms in total. The van der Waals surface area contributed by atoms with Gasteiger partial charge in [-0.1, -0.05) is 60.1 Å². The van der Waals surface area contributed by atoms with Gasteiger partial charge in [-0.25, -0.2) is 0 Å². The van der Waals surface area contributed by atoms with Gasteiger partial charge < -0.3 is 10.2 Å². The second kappa shape index (κ2) is 8.60. The van der Waals surface area contributed by atoms with Crippen LogP contribution in [0.4, 0.5) is 11.4 Å². The quantitative estimate of drug-likeness (QED) is 0.669. The zero-order valence-electron chi connectivity index (χ0n) is 15.5. The van der Waals surface area contributed by atoms with Gasteiger partial charge in [0.2, 0.25) is 0 Å². The number of nitrogens with zero attached hydrogens (tertiary/aromatic N) is 1. The molecule has 0 amide bonds. The van der Waals surface area contributed by atoms with E-state index in [0.29, 0.717) is 11.8 Å². The minimum absolute atomic E-state index is 0.654. The number of para-hydroxylation sites is 1. The lowest BCUT2D eigenvalue weighted by atomic mass is 9.89. The van der Waals surface area contributed by atoms with Crippen LogP contribution in [0.1, 0.15) is 5.56 Å². The summed E-state index contributed by atoms with van der Waals surface area (Å²) in [6.45, 7) is 3.43. The molecule has 0 aliphatic carbocycles. The smallest absolute Gasteiger partial charge is 0.0806 e. The van der Waals surface area contributed by atoms with Gasteiger partial charge in [0, 0.05) is 34.8 Å².